The normalized spacial score (nSPS) is 11.8. The largest absolute Gasteiger partial charge is 0.475 e. The van der Waals surface area contributed by atoms with Crippen molar-refractivity contribution in [2.45, 2.75) is 5.38 Å². The molecule has 0 aliphatic rings. The molecule has 0 amide bonds. The van der Waals surface area contributed by atoms with Crippen molar-refractivity contribution in [1.82, 2.24) is 0 Å². The van der Waals surface area contributed by atoms with E-state index in [1.54, 1.807) is 12.1 Å². The molecule has 0 fully saturated rings. The van der Waals surface area contributed by atoms with Gasteiger partial charge in [-0.1, -0.05) is 54.6 Å². The smallest absolute Gasteiger partial charge is 0.374 e. The van der Waals surface area contributed by atoms with Crippen LogP contribution in [0.5, 0.6) is 0 Å². The minimum absolute atomic E-state index is 0.503. The molecule has 1 unspecified atom stereocenters. The number of hydrogen-bond donors (Lipinski definition) is 1. The number of carboxylic acid groups (broad SMARTS) is 1. The van der Waals surface area contributed by atoms with E-state index in [4.69, 9.17) is 16.7 Å². The third kappa shape index (κ3) is 2.83. The van der Waals surface area contributed by atoms with Crippen molar-refractivity contribution in [3.63, 3.8) is 0 Å². The first-order valence-corrected chi connectivity index (χ1v) is 6.10. The topological polar surface area (TPSA) is 54.4 Å². The number of aliphatic carboxylic acids is 1. The Kier molecular flexibility index (Phi) is 3.97. The molecule has 0 bridgehead atoms. The first kappa shape index (κ1) is 13.3. The summed E-state index contributed by atoms with van der Waals surface area (Å²) < 4.78 is 0. The summed E-state index contributed by atoms with van der Waals surface area (Å²) in [5.41, 5.74) is 2.16. The number of ketones is 1. The highest BCUT2D eigenvalue weighted by atomic mass is 35.5. The van der Waals surface area contributed by atoms with Crippen LogP contribution in [0.1, 0.15) is 10.9 Å². The molecule has 2 rings (SSSR count). The van der Waals surface area contributed by atoms with E-state index in [0.717, 1.165) is 11.1 Å². The molecule has 2 aromatic carbocycles. The Morgan fingerprint density at radius 1 is 0.947 bits per heavy atom. The van der Waals surface area contributed by atoms with Gasteiger partial charge in [-0.3, -0.25) is 4.79 Å². The SMILES string of the molecule is O=C(O)C(=O)C(Cl)c1ccccc1-c1ccccc1. The maximum atomic E-state index is 11.5. The Labute approximate surface area is 115 Å². The lowest BCUT2D eigenvalue weighted by atomic mass is 9.96. The number of alkyl halides is 1. The second-order valence-corrected chi connectivity index (χ2v) is 4.42. The molecule has 0 spiro atoms. The molecule has 96 valence electrons. The molecular weight excluding hydrogens is 264 g/mol. The minimum atomic E-state index is -1.53. The maximum Gasteiger partial charge on any atom is 0.374 e. The first-order chi connectivity index (χ1) is 9.11. The molecule has 4 heteroatoms. The number of carbonyl (C=O) groups is 2. The van der Waals surface area contributed by atoms with Gasteiger partial charge in [0, 0.05) is 0 Å². The summed E-state index contributed by atoms with van der Waals surface area (Å²) in [6, 6.07) is 16.4. The summed E-state index contributed by atoms with van der Waals surface area (Å²) >= 11 is 5.98. The molecule has 0 radical (unpaired) electrons. The minimum Gasteiger partial charge on any atom is -0.475 e. The van der Waals surface area contributed by atoms with Gasteiger partial charge in [0.25, 0.3) is 5.78 Å². The van der Waals surface area contributed by atoms with E-state index in [2.05, 4.69) is 0 Å². The van der Waals surface area contributed by atoms with Gasteiger partial charge in [-0.2, -0.15) is 0 Å². The summed E-state index contributed by atoms with van der Waals surface area (Å²) in [6.07, 6.45) is 0. The number of Topliss-reactive ketones (excluding diaryl/α,β-unsaturated/α-hetero) is 1. The van der Waals surface area contributed by atoms with Crippen molar-refractivity contribution < 1.29 is 14.7 Å². The molecular formula is C15H11ClO3. The van der Waals surface area contributed by atoms with Crippen LogP contribution in [0.15, 0.2) is 54.6 Å². The van der Waals surface area contributed by atoms with Gasteiger partial charge in [0.1, 0.15) is 5.38 Å². The third-order valence-corrected chi connectivity index (χ3v) is 3.19. The highest BCUT2D eigenvalue weighted by Gasteiger charge is 2.26. The van der Waals surface area contributed by atoms with Crippen molar-refractivity contribution >= 4 is 23.4 Å². The van der Waals surface area contributed by atoms with Gasteiger partial charge in [0.05, 0.1) is 0 Å². The van der Waals surface area contributed by atoms with E-state index in [-0.39, 0.29) is 0 Å². The quantitative estimate of drug-likeness (QED) is 0.687. The molecule has 0 aliphatic carbocycles. The standard InChI is InChI=1S/C15H11ClO3/c16-13(14(17)15(18)19)12-9-5-4-8-11(12)10-6-2-1-3-7-10/h1-9,13H,(H,18,19). The number of carboxylic acids is 1. The van der Waals surface area contributed by atoms with Crippen molar-refractivity contribution in [2.75, 3.05) is 0 Å². The third-order valence-electron chi connectivity index (χ3n) is 2.76. The Morgan fingerprint density at radius 3 is 2.16 bits per heavy atom. The Balaban J connectivity index is 2.48. The Morgan fingerprint density at radius 2 is 1.53 bits per heavy atom. The summed E-state index contributed by atoms with van der Waals surface area (Å²) in [6.45, 7) is 0. The first-order valence-electron chi connectivity index (χ1n) is 5.67. The fourth-order valence-electron chi connectivity index (χ4n) is 1.85. The van der Waals surface area contributed by atoms with Gasteiger partial charge in [-0.25, -0.2) is 4.79 Å². The molecule has 0 saturated heterocycles. The van der Waals surface area contributed by atoms with Crippen molar-refractivity contribution in [3.05, 3.63) is 60.2 Å². The number of rotatable bonds is 4. The van der Waals surface area contributed by atoms with E-state index in [1.165, 1.54) is 0 Å². The highest BCUT2D eigenvalue weighted by Crippen LogP contribution is 2.32. The van der Waals surface area contributed by atoms with Crippen molar-refractivity contribution in [2.24, 2.45) is 0 Å². The number of halogens is 1. The van der Waals surface area contributed by atoms with Crippen molar-refractivity contribution in [1.29, 1.82) is 0 Å². The van der Waals surface area contributed by atoms with Crippen LogP contribution < -0.4 is 0 Å². The van der Waals surface area contributed by atoms with Gasteiger partial charge in [0.2, 0.25) is 0 Å². The summed E-state index contributed by atoms with van der Waals surface area (Å²) in [7, 11) is 0. The number of hydrogen-bond acceptors (Lipinski definition) is 2. The lowest BCUT2D eigenvalue weighted by molar-refractivity contribution is -0.148. The van der Waals surface area contributed by atoms with Crippen LogP contribution in [-0.4, -0.2) is 16.9 Å². The van der Waals surface area contributed by atoms with Gasteiger partial charge in [0.15, 0.2) is 0 Å². The second kappa shape index (κ2) is 5.67. The van der Waals surface area contributed by atoms with E-state index in [1.807, 2.05) is 42.5 Å². The van der Waals surface area contributed by atoms with Gasteiger partial charge >= 0.3 is 5.97 Å². The average Bonchev–Trinajstić information content (AvgIpc) is 2.46. The number of carbonyl (C=O) groups excluding carboxylic acids is 1. The van der Waals surface area contributed by atoms with Gasteiger partial charge < -0.3 is 5.11 Å². The number of benzene rings is 2. The van der Waals surface area contributed by atoms with E-state index in [9.17, 15) is 9.59 Å². The maximum absolute atomic E-state index is 11.5. The Hall–Kier alpha value is -2.13. The zero-order valence-corrected chi connectivity index (χ0v) is 10.7. The Bertz CT molecular complexity index is 608. The van der Waals surface area contributed by atoms with Crippen LogP contribution in [0.25, 0.3) is 11.1 Å². The van der Waals surface area contributed by atoms with E-state index in [0.29, 0.717) is 5.56 Å². The molecule has 2 aromatic rings. The van der Waals surface area contributed by atoms with Gasteiger partial charge in [-0.05, 0) is 16.7 Å². The molecule has 0 aromatic heterocycles. The molecule has 0 heterocycles. The van der Waals surface area contributed by atoms with E-state index >= 15 is 0 Å². The predicted molar refractivity (Wildman–Crippen MR) is 73.1 cm³/mol. The molecule has 0 aliphatic heterocycles. The summed E-state index contributed by atoms with van der Waals surface area (Å²) in [5, 5.41) is 7.56. The van der Waals surface area contributed by atoms with Crippen LogP contribution >= 0.6 is 11.6 Å². The molecule has 0 saturated carbocycles. The van der Waals surface area contributed by atoms with Crippen LogP contribution in [0.4, 0.5) is 0 Å². The summed E-state index contributed by atoms with van der Waals surface area (Å²) in [5.74, 6) is -2.55. The van der Waals surface area contributed by atoms with Crippen LogP contribution in [0.3, 0.4) is 0 Å². The lowest BCUT2D eigenvalue weighted by Crippen LogP contribution is -2.18. The van der Waals surface area contributed by atoms with Crippen LogP contribution in [0.2, 0.25) is 0 Å². The zero-order chi connectivity index (χ0) is 13.8. The summed E-state index contributed by atoms with van der Waals surface area (Å²) in [4.78, 5) is 22.2. The molecule has 1 N–H and O–H groups in total. The van der Waals surface area contributed by atoms with Crippen LogP contribution in [-0.2, 0) is 9.59 Å². The molecule has 3 nitrogen and oxygen atoms in total. The lowest BCUT2D eigenvalue weighted by Gasteiger charge is -2.12. The average molecular weight is 275 g/mol. The molecule has 1 atom stereocenters. The van der Waals surface area contributed by atoms with Crippen molar-refractivity contribution in [3.8, 4) is 11.1 Å². The fourth-order valence-corrected chi connectivity index (χ4v) is 2.13. The molecule has 19 heavy (non-hydrogen) atoms. The highest BCUT2D eigenvalue weighted by molar-refractivity contribution is 6.47. The van der Waals surface area contributed by atoms with E-state index < -0.39 is 17.1 Å². The predicted octanol–water partition coefficient (Wildman–Crippen LogP) is 3.29. The monoisotopic (exact) mass is 274 g/mol. The van der Waals surface area contributed by atoms with Crippen LogP contribution in [0, 0.1) is 0 Å². The van der Waals surface area contributed by atoms with Gasteiger partial charge in [-0.15, -0.1) is 11.6 Å². The fraction of sp³-hybridized carbons (Fsp3) is 0.0667. The zero-order valence-electron chi connectivity index (χ0n) is 9.92. The second-order valence-electron chi connectivity index (χ2n) is 3.99.